The van der Waals surface area contributed by atoms with Gasteiger partial charge in [0.1, 0.15) is 24.2 Å². The lowest BCUT2D eigenvalue weighted by Gasteiger charge is -2.34. The maximum Gasteiger partial charge on any atom is 0.264 e. The summed E-state index contributed by atoms with van der Waals surface area (Å²) in [6.45, 7) is 5.57. The molecule has 1 fully saturated rings. The van der Waals surface area contributed by atoms with Gasteiger partial charge in [-0.25, -0.2) is 12.8 Å². The molecule has 1 atom stereocenters. The van der Waals surface area contributed by atoms with Gasteiger partial charge in [0.25, 0.3) is 10.0 Å². The summed E-state index contributed by atoms with van der Waals surface area (Å²) in [5.74, 6) is -0.818. The zero-order chi connectivity index (χ0) is 31.7. The molecule has 2 amide bonds. The highest BCUT2D eigenvalue weighted by Gasteiger charge is 2.34. The maximum atomic E-state index is 14.3. The van der Waals surface area contributed by atoms with Crippen molar-refractivity contribution in [3.63, 3.8) is 0 Å². The summed E-state index contributed by atoms with van der Waals surface area (Å²) < 4.78 is 48.4. The number of hydrogen-bond donors (Lipinski definition) is 1. The van der Waals surface area contributed by atoms with Crippen LogP contribution >= 0.6 is 0 Å². The summed E-state index contributed by atoms with van der Waals surface area (Å²) in [5.41, 5.74) is 1.93. The molecule has 0 aromatic heterocycles. The number of rotatable bonds is 13. The number of nitrogens with zero attached hydrogens (tertiary/aromatic N) is 2. The van der Waals surface area contributed by atoms with Gasteiger partial charge < -0.3 is 15.0 Å². The van der Waals surface area contributed by atoms with E-state index in [0.717, 1.165) is 59.7 Å². The summed E-state index contributed by atoms with van der Waals surface area (Å²) in [6, 6.07) is 17.7. The fourth-order valence-electron chi connectivity index (χ4n) is 5.57. The Morgan fingerprint density at radius 1 is 0.955 bits per heavy atom. The average molecular weight is 624 g/mol. The van der Waals surface area contributed by atoms with Crippen LogP contribution in [0.3, 0.4) is 0 Å². The van der Waals surface area contributed by atoms with E-state index >= 15 is 0 Å². The first-order valence-electron chi connectivity index (χ1n) is 15.3. The van der Waals surface area contributed by atoms with Crippen LogP contribution in [0.2, 0.25) is 0 Å². The van der Waals surface area contributed by atoms with Crippen LogP contribution in [0.25, 0.3) is 0 Å². The SMILES string of the molecule is CCOc1ccc(S(=O)(=O)N(CC(=O)N(Cc2ccccc2C)C(CC)C(=O)NC2CCCCC2)c2ccc(F)cc2)cc1. The Bertz CT molecular complexity index is 1510. The van der Waals surface area contributed by atoms with E-state index in [9.17, 15) is 22.4 Å². The number of aryl methyl sites for hydroxylation is 1. The largest absolute Gasteiger partial charge is 0.494 e. The predicted molar refractivity (Wildman–Crippen MR) is 169 cm³/mol. The molecule has 1 aliphatic carbocycles. The van der Waals surface area contributed by atoms with Gasteiger partial charge in [-0.3, -0.25) is 13.9 Å². The minimum atomic E-state index is -4.28. The highest BCUT2D eigenvalue weighted by atomic mass is 32.2. The molecule has 0 bridgehead atoms. The molecule has 1 aliphatic rings. The Hall–Kier alpha value is -3.92. The summed E-state index contributed by atoms with van der Waals surface area (Å²) in [6.07, 6.45) is 5.37. The minimum absolute atomic E-state index is 0.0504. The Kier molecular flexibility index (Phi) is 11.4. The van der Waals surface area contributed by atoms with E-state index in [-0.39, 0.29) is 29.1 Å². The molecule has 0 radical (unpaired) electrons. The van der Waals surface area contributed by atoms with Gasteiger partial charge in [-0.15, -0.1) is 0 Å². The third-order valence-corrected chi connectivity index (χ3v) is 9.84. The molecule has 10 heteroatoms. The van der Waals surface area contributed by atoms with Gasteiger partial charge in [0.15, 0.2) is 0 Å². The van der Waals surface area contributed by atoms with Crippen LogP contribution in [0.4, 0.5) is 10.1 Å². The number of amides is 2. The maximum absolute atomic E-state index is 14.3. The third-order valence-electron chi connectivity index (χ3n) is 8.06. The molecule has 0 spiro atoms. The van der Waals surface area contributed by atoms with E-state index in [0.29, 0.717) is 18.8 Å². The van der Waals surface area contributed by atoms with E-state index in [1.807, 2.05) is 45.0 Å². The summed E-state index contributed by atoms with van der Waals surface area (Å²) >= 11 is 0. The van der Waals surface area contributed by atoms with Crippen molar-refractivity contribution in [2.24, 2.45) is 0 Å². The van der Waals surface area contributed by atoms with E-state index in [4.69, 9.17) is 4.74 Å². The molecule has 3 aromatic rings. The van der Waals surface area contributed by atoms with Gasteiger partial charge in [-0.05, 0) is 92.8 Å². The lowest BCUT2D eigenvalue weighted by Crippen LogP contribution is -2.54. The molecular formula is C34H42FN3O5S. The lowest BCUT2D eigenvalue weighted by atomic mass is 9.95. The summed E-state index contributed by atoms with van der Waals surface area (Å²) in [5, 5.41) is 3.15. The Morgan fingerprint density at radius 3 is 2.23 bits per heavy atom. The Labute approximate surface area is 260 Å². The standard InChI is InChI=1S/C34H42FN3O5S/c1-4-32(34(40)36-28-13-7-6-8-14-28)37(23-26-12-10-9-11-25(26)3)33(39)24-38(29-17-15-27(35)16-18-29)44(41,42)31-21-19-30(20-22-31)43-5-2/h9-12,15-22,28,32H,4-8,13-14,23-24H2,1-3H3,(H,36,40). The lowest BCUT2D eigenvalue weighted by molar-refractivity contribution is -0.140. The van der Waals surface area contributed by atoms with Crippen LogP contribution < -0.4 is 14.4 Å². The Balaban J connectivity index is 1.70. The van der Waals surface area contributed by atoms with Crippen molar-refractivity contribution in [3.05, 3.63) is 89.7 Å². The molecule has 1 saturated carbocycles. The highest BCUT2D eigenvalue weighted by molar-refractivity contribution is 7.92. The van der Waals surface area contributed by atoms with Crippen LogP contribution in [0, 0.1) is 12.7 Å². The Morgan fingerprint density at radius 2 is 1.61 bits per heavy atom. The second-order valence-electron chi connectivity index (χ2n) is 11.1. The molecule has 236 valence electrons. The van der Waals surface area contributed by atoms with Crippen molar-refractivity contribution in [2.45, 2.75) is 82.8 Å². The van der Waals surface area contributed by atoms with Crippen molar-refractivity contribution in [3.8, 4) is 5.75 Å². The van der Waals surface area contributed by atoms with E-state index < -0.39 is 34.3 Å². The summed E-state index contributed by atoms with van der Waals surface area (Å²) in [4.78, 5) is 29.4. The fourth-order valence-corrected chi connectivity index (χ4v) is 6.99. The molecule has 1 unspecified atom stereocenters. The topological polar surface area (TPSA) is 96.0 Å². The highest BCUT2D eigenvalue weighted by Crippen LogP contribution is 2.27. The van der Waals surface area contributed by atoms with Gasteiger partial charge in [-0.1, -0.05) is 50.5 Å². The number of carbonyl (C=O) groups is 2. The van der Waals surface area contributed by atoms with Crippen molar-refractivity contribution in [1.82, 2.24) is 10.2 Å². The van der Waals surface area contributed by atoms with E-state index in [1.165, 1.54) is 29.2 Å². The first-order chi connectivity index (χ1) is 21.1. The zero-order valence-corrected chi connectivity index (χ0v) is 26.5. The zero-order valence-electron chi connectivity index (χ0n) is 25.7. The molecule has 8 nitrogen and oxygen atoms in total. The number of halogens is 1. The average Bonchev–Trinajstić information content (AvgIpc) is 3.02. The number of nitrogens with one attached hydrogen (secondary N) is 1. The predicted octanol–water partition coefficient (Wildman–Crippen LogP) is 5.98. The van der Waals surface area contributed by atoms with Gasteiger partial charge >= 0.3 is 0 Å². The van der Waals surface area contributed by atoms with Crippen molar-refractivity contribution in [1.29, 1.82) is 0 Å². The van der Waals surface area contributed by atoms with Crippen LogP contribution in [-0.4, -0.2) is 50.4 Å². The van der Waals surface area contributed by atoms with Crippen LogP contribution in [0.15, 0.2) is 77.7 Å². The van der Waals surface area contributed by atoms with Gasteiger partial charge in [0.2, 0.25) is 11.8 Å². The van der Waals surface area contributed by atoms with Gasteiger partial charge in [0, 0.05) is 12.6 Å². The van der Waals surface area contributed by atoms with E-state index in [1.54, 1.807) is 12.1 Å². The molecular weight excluding hydrogens is 581 g/mol. The first-order valence-corrected chi connectivity index (χ1v) is 16.7. The molecule has 4 rings (SSSR count). The first kappa shape index (κ1) is 33.0. The molecule has 0 heterocycles. The van der Waals surface area contributed by atoms with Crippen molar-refractivity contribution in [2.75, 3.05) is 17.5 Å². The second kappa shape index (κ2) is 15.2. The smallest absolute Gasteiger partial charge is 0.264 e. The summed E-state index contributed by atoms with van der Waals surface area (Å²) in [7, 11) is -4.28. The molecule has 44 heavy (non-hydrogen) atoms. The van der Waals surface area contributed by atoms with Crippen molar-refractivity contribution < 1.29 is 27.1 Å². The number of sulfonamides is 1. The number of anilines is 1. The fraction of sp³-hybridized carbons (Fsp3) is 0.412. The third kappa shape index (κ3) is 8.16. The molecule has 3 aromatic carbocycles. The monoisotopic (exact) mass is 623 g/mol. The minimum Gasteiger partial charge on any atom is -0.494 e. The van der Waals surface area contributed by atoms with Crippen LogP contribution in [0.5, 0.6) is 5.75 Å². The normalized spacial score (nSPS) is 14.5. The molecule has 0 aliphatic heterocycles. The van der Waals surface area contributed by atoms with Gasteiger partial charge in [-0.2, -0.15) is 0 Å². The number of ether oxygens (including phenoxy) is 1. The molecule has 0 saturated heterocycles. The number of hydrogen-bond acceptors (Lipinski definition) is 5. The van der Waals surface area contributed by atoms with E-state index in [2.05, 4.69) is 5.32 Å². The van der Waals surface area contributed by atoms with Crippen LogP contribution in [-0.2, 0) is 26.2 Å². The second-order valence-corrected chi connectivity index (χ2v) is 13.0. The van der Waals surface area contributed by atoms with Gasteiger partial charge in [0.05, 0.1) is 17.2 Å². The molecule has 1 N–H and O–H groups in total. The number of benzene rings is 3. The van der Waals surface area contributed by atoms with Crippen LogP contribution in [0.1, 0.15) is 63.5 Å². The number of carbonyl (C=O) groups excluding carboxylic acids is 2. The van der Waals surface area contributed by atoms with Crippen molar-refractivity contribution >= 4 is 27.5 Å². The quantitative estimate of drug-likeness (QED) is 0.253.